The molecule has 1 aliphatic rings. The monoisotopic (exact) mass is 374 g/mol. The largest absolute Gasteiger partial charge is 0.497 e. The van der Waals surface area contributed by atoms with Crippen molar-refractivity contribution in [1.82, 2.24) is 0 Å². The summed E-state index contributed by atoms with van der Waals surface area (Å²) in [6.45, 7) is 12.2. The molecule has 0 heterocycles. The van der Waals surface area contributed by atoms with Crippen LogP contribution in [0.3, 0.4) is 0 Å². The van der Waals surface area contributed by atoms with E-state index < -0.39 is 0 Å². The van der Waals surface area contributed by atoms with Crippen LogP contribution in [-0.4, -0.2) is 0 Å². The third-order valence-electron chi connectivity index (χ3n) is 1.59. The quantitative estimate of drug-likeness (QED) is 0.431. The van der Waals surface area contributed by atoms with E-state index in [-0.39, 0.29) is 21.1 Å². The standard InChI is InChI=1S/C9H13.2C2H5.Pt/c1-9-7-5-3-2-4-6-8-9;2*1-2;/h2-3H,4-7H2,1H3;2*1H2,2H3;/q3*-1;. The molecule has 14 heavy (non-hydrogen) atoms. The predicted octanol–water partition coefficient (Wildman–Crippen LogP) is 4.54. The van der Waals surface area contributed by atoms with Gasteiger partial charge in [0.05, 0.1) is 0 Å². The van der Waals surface area contributed by atoms with Crippen molar-refractivity contribution in [2.45, 2.75) is 46.5 Å². The minimum absolute atomic E-state index is 0. The van der Waals surface area contributed by atoms with Gasteiger partial charge in [0.15, 0.2) is 0 Å². The van der Waals surface area contributed by atoms with Crippen LogP contribution in [-0.2, 0) is 21.1 Å². The van der Waals surface area contributed by atoms with Gasteiger partial charge in [-0.25, -0.2) is 0 Å². The van der Waals surface area contributed by atoms with Gasteiger partial charge in [0.2, 0.25) is 0 Å². The molecular weight excluding hydrogens is 351 g/mol. The van der Waals surface area contributed by atoms with Crippen molar-refractivity contribution in [3.8, 4) is 0 Å². The van der Waals surface area contributed by atoms with E-state index in [0.717, 1.165) is 6.42 Å². The third kappa shape index (κ3) is 14.7. The first-order chi connectivity index (χ1) is 6.39. The summed E-state index contributed by atoms with van der Waals surface area (Å²) in [6, 6.07) is 0. The zero-order valence-corrected chi connectivity index (χ0v) is 12.0. The van der Waals surface area contributed by atoms with Crippen LogP contribution in [0.5, 0.6) is 0 Å². The zero-order valence-electron chi connectivity index (χ0n) is 9.71. The van der Waals surface area contributed by atoms with Crippen molar-refractivity contribution in [1.29, 1.82) is 0 Å². The molecule has 0 atom stereocenters. The first-order valence-corrected chi connectivity index (χ1v) is 5.02. The summed E-state index contributed by atoms with van der Waals surface area (Å²) in [5.74, 6) is 0. The molecule has 0 fully saturated rings. The normalized spacial score (nSPS) is 13.9. The van der Waals surface area contributed by atoms with Crippen molar-refractivity contribution in [2.75, 3.05) is 0 Å². The van der Waals surface area contributed by atoms with Gasteiger partial charge in [0.25, 0.3) is 0 Å². The van der Waals surface area contributed by atoms with Crippen LogP contribution in [0.25, 0.3) is 0 Å². The second-order valence-electron chi connectivity index (χ2n) is 2.51. The minimum Gasteiger partial charge on any atom is -0.497 e. The van der Waals surface area contributed by atoms with E-state index in [0.29, 0.717) is 0 Å². The Hall–Kier alpha value is 0.168. The third-order valence-corrected chi connectivity index (χ3v) is 1.59. The maximum absolute atomic E-state index is 3.35. The van der Waals surface area contributed by atoms with Gasteiger partial charge in [-0.05, 0) is 6.42 Å². The van der Waals surface area contributed by atoms with E-state index in [9.17, 15) is 0 Å². The Morgan fingerprint density at radius 3 is 2.14 bits per heavy atom. The molecule has 88 valence electrons. The molecule has 0 N–H and O–H groups in total. The molecule has 0 nitrogen and oxygen atoms in total. The predicted molar refractivity (Wildman–Crippen MR) is 62.1 cm³/mol. The zero-order chi connectivity index (χ0) is 10.5. The molecule has 1 heteroatoms. The Kier molecular flexibility index (Phi) is 26.5. The Labute approximate surface area is 105 Å². The Balaban J connectivity index is -0.000000216. The van der Waals surface area contributed by atoms with E-state index in [1.807, 2.05) is 0 Å². The fourth-order valence-electron chi connectivity index (χ4n) is 0.993. The molecule has 0 aromatic heterocycles. The van der Waals surface area contributed by atoms with Crippen molar-refractivity contribution in [2.24, 2.45) is 0 Å². The van der Waals surface area contributed by atoms with Crippen LogP contribution in [0.4, 0.5) is 0 Å². The van der Waals surface area contributed by atoms with Gasteiger partial charge < -0.3 is 19.9 Å². The SMILES string of the molecule is CC1=[C-]CCC=CCC1.[CH2-]C.[CH2-]C.[Pt]. The van der Waals surface area contributed by atoms with E-state index in [4.69, 9.17) is 0 Å². The first kappa shape index (κ1) is 19.7. The van der Waals surface area contributed by atoms with Gasteiger partial charge in [-0.2, -0.15) is 20.3 Å². The van der Waals surface area contributed by atoms with Crippen molar-refractivity contribution < 1.29 is 21.1 Å². The summed E-state index contributed by atoms with van der Waals surface area (Å²) >= 11 is 0. The van der Waals surface area contributed by atoms with E-state index in [1.54, 1.807) is 13.8 Å². The molecule has 0 radical (unpaired) electrons. The second kappa shape index (κ2) is 18.9. The molecule has 0 spiro atoms. The number of rotatable bonds is 0. The van der Waals surface area contributed by atoms with Gasteiger partial charge in [-0.15, -0.1) is 0 Å². The van der Waals surface area contributed by atoms with Crippen LogP contribution in [0, 0.1) is 19.9 Å². The molecule has 1 aliphatic carbocycles. The number of allylic oxidation sites excluding steroid dienone is 4. The van der Waals surface area contributed by atoms with Gasteiger partial charge >= 0.3 is 0 Å². The van der Waals surface area contributed by atoms with Crippen molar-refractivity contribution >= 4 is 0 Å². The van der Waals surface area contributed by atoms with Crippen LogP contribution in [0.1, 0.15) is 46.5 Å². The summed E-state index contributed by atoms with van der Waals surface area (Å²) in [6.07, 6.45) is 12.6. The van der Waals surface area contributed by atoms with Crippen molar-refractivity contribution in [3.05, 3.63) is 37.6 Å². The van der Waals surface area contributed by atoms with E-state index in [1.165, 1.54) is 24.8 Å². The fourth-order valence-corrected chi connectivity index (χ4v) is 0.993. The smallest absolute Gasteiger partial charge is 0 e. The molecule has 0 bridgehead atoms. The van der Waals surface area contributed by atoms with Crippen molar-refractivity contribution in [3.63, 3.8) is 0 Å². The molecule has 0 saturated carbocycles. The summed E-state index contributed by atoms with van der Waals surface area (Å²) in [5, 5.41) is 0. The summed E-state index contributed by atoms with van der Waals surface area (Å²) in [7, 11) is 0. The molecule has 0 aromatic rings. The molecule has 0 aromatic carbocycles. The fraction of sp³-hybridized carbons (Fsp3) is 0.538. The number of hydrogen-bond donors (Lipinski definition) is 0. The summed E-state index contributed by atoms with van der Waals surface area (Å²) in [4.78, 5) is 0. The molecule has 0 saturated heterocycles. The molecule has 1 rings (SSSR count). The topological polar surface area (TPSA) is 0 Å². The van der Waals surface area contributed by atoms with Gasteiger partial charge in [-0.1, -0.05) is 31.9 Å². The molecule has 0 unspecified atom stereocenters. The average Bonchev–Trinajstić information content (AvgIpc) is 2.18. The Bertz CT molecular complexity index is 134. The minimum atomic E-state index is 0. The summed E-state index contributed by atoms with van der Waals surface area (Å²) in [5.41, 5.74) is 1.43. The Morgan fingerprint density at radius 1 is 1.07 bits per heavy atom. The van der Waals surface area contributed by atoms with E-state index >= 15 is 0 Å². The molecule has 0 amide bonds. The van der Waals surface area contributed by atoms with Crippen LogP contribution in [0.2, 0.25) is 0 Å². The molecular formula is C13H23Pt-3. The van der Waals surface area contributed by atoms with Crippen LogP contribution < -0.4 is 0 Å². The van der Waals surface area contributed by atoms with E-state index in [2.05, 4.69) is 39.0 Å². The van der Waals surface area contributed by atoms with Gasteiger partial charge in [-0.3, -0.25) is 5.57 Å². The van der Waals surface area contributed by atoms with Gasteiger partial charge in [0.1, 0.15) is 0 Å². The summed E-state index contributed by atoms with van der Waals surface area (Å²) < 4.78 is 0. The maximum atomic E-state index is 3.35. The number of hydrogen-bond acceptors (Lipinski definition) is 0. The second-order valence-corrected chi connectivity index (χ2v) is 2.51. The maximum Gasteiger partial charge on any atom is 0 e. The Morgan fingerprint density at radius 2 is 1.57 bits per heavy atom. The molecule has 0 aliphatic heterocycles. The van der Waals surface area contributed by atoms with Gasteiger partial charge in [0, 0.05) is 21.1 Å². The average molecular weight is 374 g/mol. The van der Waals surface area contributed by atoms with Crippen LogP contribution in [0.15, 0.2) is 17.7 Å². The van der Waals surface area contributed by atoms with Crippen LogP contribution >= 0.6 is 0 Å². The first-order valence-electron chi connectivity index (χ1n) is 5.02.